The SMILES string of the molecule is COc1ccc(OC)c([C@H]2CCC[NH+]2Cn2[nH]c(-c3cccs3)nc2=S)c1. The van der Waals surface area contributed by atoms with Gasteiger partial charge in [-0.05, 0) is 41.9 Å². The normalized spacial score (nSPS) is 19.3. The summed E-state index contributed by atoms with van der Waals surface area (Å²) in [6.07, 6.45) is 2.28. The lowest BCUT2D eigenvalue weighted by atomic mass is 10.0. The number of aromatic amines is 1. The minimum absolute atomic E-state index is 0.338. The van der Waals surface area contributed by atoms with Crippen LogP contribution in [0.15, 0.2) is 35.7 Å². The van der Waals surface area contributed by atoms with Crippen LogP contribution in [0.25, 0.3) is 10.7 Å². The van der Waals surface area contributed by atoms with Gasteiger partial charge in [0.2, 0.25) is 4.77 Å². The number of ether oxygens (including phenoxy) is 2. The zero-order valence-corrected chi connectivity index (χ0v) is 17.0. The zero-order chi connectivity index (χ0) is 18.8. The molecule has 1 aliphatic rings. The van der Waals surface area contributed by atoms with Crippen molar-refractivity contribution < 1.29 is 14.4 Å². The molecule has 3 aromatic rings. The Morgan fingerprint density at radius 3 is 2.96 bits per heavy atom. The number of likely N-dealkylation sites (tertiary alicyclic amines) is 1. The minimum Gasteiger partial charge on any atom is -0.497 e. The molecule has 0 saturated carbocycles. The molecule has 2 aromatic heterocycles. The predicted octanol–water partition coefficient (Wildman–Crippen LogP) is 3.06. The lowest BCUT2D eigenvalue weighted by Gasteiger charge is -2.23. The average molecular weight is 404 g/mol. The molecule has 27 heavy (non-hydrogen) atoms. The molecule has 1 unspecified atom stereocenters. The molecule has 0 radical (unpaired) electrons. The molecule has 0 spiro atoms. The predicted molar refractivity (Wildman–Crippen MR) is 108 cm³/mol. The van der Waals surface area contributed by atoms with Crippen LogP contribution < -0.4 is 14.4 Å². The van der Waals surface area contributed by atoms with Crippen LogP contribution in [0.2, 0.25) is 0 Å². The van der Waals surface area contributed by atoms with Crippen LogP contribution in [0.5, 0.6) is 11.5 Å². The van der Waals surface area contributed by atoms with Crippen molar-refractivity contribution >= 4 is 23.6 Å². The summed E-state index contributed by atoms with van der Waals surface area (Å²) < 4.78 is 13.6. The molecular formula is C19H23N4O2S2+. The molecule has 1 fully saturated rings. The van der Waals surface area contributed by atoms with Gasteiger partial charge in [-0.1, -0.05) is 6.07 Å². The van der Waals surface area contributed by atoms with E-state index in [2.05, 4.69) is 22.2 Å². The van der Waals surface area contributed by atoms with E-state index in [1.165, 1.54) is 16.9 Å². The van der Waals surface area contributed by atoms with Crippen molar-refractivity contribution in [1.29, 1.82) is 0 Å². The van der Waals surface area contributed by atoms with Gasteiger partial charge in [0.05, 0.1) is 31.2 Å². The second-order valence-electron chi connectivity index (χ2n) is 6.63. The first kappa shape index (κ1) is 18.2. The van der Waals surface area contributed by atoms with Crippen LogP contribution in [0.1, 0.15) is 24.4 Å². The highest BCUT2D eigenvalue weighted by Crippen LogP contribution is 2.31. The number of thiophene rings is 1. The molecule has 2 atom stereocenters. The lowest BCUT2D eigenvalue weighted by molar-refractivity contribution is -0.941. The van der Waals surface area contributed by atoms with E-state index in [-0.39, 0.29) is 0 Å². The Balaban J connectivity index is 1.61. The number of nitrogens with one attached hydrogen (secondary N) is 2. The molecule has 1 aliphatic heterocycles. The Hall–Kier alpha value is -2.16. The summed E-state index contributed by atoms with van der Waals surface area (Å²) in [5.41, 5.74) is 1.19. The Labute approximate surface area is 167 Å². The van der Waals surface area contributed by atoms with Crippen molar-refractivity contribution in [2.24, 2.45) is 0 Å². The zero-order valence-electron chi connectivity index (χ0n) is 15.4. The number of nitrogens with zero attached hydrogens (tertiary/aromatic N) is 2. The van der Waals surface area contributed by atoms with E-state index in [9.17, 15) is 0 Å². The van der Waals surface area contributed by atoms with E-state index in [1.54, 1.807) is 25.6 Å². The highest BCUT2D eigenvalue weighted by atomic mass is 32.1. The summed E-state index contributed by atoms with van der Waals surface area (Å²) in [5, 5.41) is 5.41. The fraction of sp³-hybridized carbons (Fsp3) is 0.368. The maximum absolute atomic E-state index is 5.62. The maximum Gasteiger partial charge on any atom is 0.221 e. The van der Waals surface area contributed by atoms with Crippen LogP contribution in [0, 0.1) is 4.77 Å². The number of rotatable bonds is 6. The van der Waals surface area contributed by atoms with Crippen LogP contribution in [-0.4, -0.2) is 35.5 Å². The van der Waals surface area contributed by atoms with Crippen molar-refractivity contribution in [3.8, 4) is 22.2 Å². The first-order chi connectivity index (χ1) is 13.2. The summed E-state index contributed by atoms with van der Waals surface area (Å²) in [6.45, 7) is 1.84. The molecule has 2 N–H and O–H groups in total. The van der Waals surface area contributed by atoms with E-state index < -0.39 is 0 Å². The van der Waals surface area contributed by atoms with Crippen LogP contribution in [0.3, 0.4) is 0 Å². The molecule has 1 saturated heterocycles. The first-order valence-electron chi connectivity index (χ1n) is 8.97. The molecule has 142 valence electrons. The van der Waals surface area contributed by atoms with E-state index >= 15 is 0 Å². The molecular weight excluding hydrogens is 380 g/mol. The van der Waals surface area contributed by atoms with Crippen LogP contribution >= 0.6 is 23.6 Å². The summed E-state index contributed by atoms with van der Waals surface area (Å²) in [6, 6.07) is 10.4. The molecule has 6 nitrogen and oxygen atoms in total. The van der Waals surface area contributed by atoms with E-state index in [0.29, 0.717) is 10.8 Å². The summed E-state index contributed by atoms with van der Waals surface area (Å²) in [7, 11) is 3.42. The van der Waals surface area contributed by atoms with Crippen LogP contribution in [0.4, 0.5) is 0 Å². The summed E-state index contributed by atoms with van der Waals surface area (Å²) in [5.74, 6) is 2.60. The largest absolute Gasteiger partial charge is 0.497 e. The first-order valence-corrected chi connectivity index (χ1v) is 10.3. The van der Waals surface area contributed by atoms with Gasteiger partial charge < -0.3 is 14.4 Å². The average Bonchev–Trinajstić information content (AvgIpc) is 3.43. The topological polar surface area (TPSA) is 56.5 Å². The number of H-pyrrole nitrogens is 1. The highest BCUT2D eigenvalue weighted by molar-refractivity contribution is 7.71. The van der Waals surface area contributed by atoms with Gasteiger partial charge >= 0.3 is 0 Å². The van der Waals surface area contributed by atoms with E-state index in [1.807, 2.05) is 28.3 Å². The van der Waals surface area contributed by atoms with Crippen LogP contribution in [-0.2, 0) is 6.67 Å². The molecule has 0 bridgehead atoms. The van der Waals surface area contributed by atoms with Gasteiger partial charge in [0.15, 0.2) is 12.5 Å². The van der Waals surface area contributed by atoms with Gasteiger partial charge in [0.1, 0.15) is 17.5 Å². The van der Waals surface area contributed by atoms with Gasteiger partial charge in [0, 0.05) is 12.8 Å². The third-order valence-electron chi connectivity index (χ3n) is 5.09. The molecule has 0 aliphatic carbocycles. The van der Waals surface area contributed by atoms with Crippen molar-refractivity contribution in [1.82, 2.24) is 14.8 Å². The minimum atomic E-state index is 0.338. The number of benzene rings is 1. The van der Waals surface area contributed by atoms with E-state index in [0.717, 1.165) is 41.8 Å². The number of aromatic nitrogens is 3. The summed E-state index contributed by atoms with van der Waals surface area (Å²) in [4.78, 5) is 7.07. The molecule has 8 heteroatoms. The van der Waals surface area contributed by atoms with Gasteiger partial charge in [-0.3, -0.25) is 5.10 Å². The number of quaternary nitrogens is 1. The molecule has 0 amide bonds. The van der Waals surface area contributed by atoms with Crippen molar-refractivity contribution in [3.05, 3.63) is 46.0 Å². The number of hydrogen-bond acceptors (Lipinski definition) is 5. The Morgan fingerprint density at radius 2 is 2.22 bits per heavy atom. The molecule has 3 heterocycles. The van der Waals surface area contributed by atoms with E-state index in [4.69, 9.17) is 21.7 Å². The number of methoxy groups -OCH3 is 2. The molecule has 1 aromatic carbocycles. The van der Waals surface area contributed by atoms with Gasteiger partial charge in [-0.25, -0.2) is 4.68 Å². The van der Waals surface area contributed by atoms with Gasteiger partial charge in [-0.2, -0.15) is 4.98 Å². The Kier molecular flexibility index (Phi) is 5.29. The second-order valence-corrected chi connectivity index (χ2v) is 7.94. The van der Waals surface area contributed by atoms with Crippen molar-refractivity contribution in [2.75, 3.05) is 20.8 Å². The van der Waals surface area contributed by atoms with Gasteiger partial charge in [0.25, 0.3) is 0 Å². The van der Waals surface area contributed by atoms with Gasteiger partial charge in [-0.15, -0.1) is 11.3 Å². The second kappa shape index (κ2) is 7.84. The Bertz CT molecular complexity index is 965. The Morgan fingerprint density at radius 1 is 1.33 bits per heavy atom. The highest BCUT2D eigenvalue weighted by Gasteiger charge is 2.33. The maximum atomic E-state index is 5.62. The number of hydrogen-bond donors (Lipinski definition) is 2. The fourth-order valence-corrected chi connectivity index (χ4v) is 4.64. The lowest BCUT2D eigenvalue weighted by Crippen LogP contribution is -3.09. The van der Waals surface area contributed by atoms with Crippen molar-refractivity contribution in [3.63, 3.8) is 0 Å². The third-order valence-corrected chi connectivity index (χ3v) is 6.28. The van der Waals surface area contributed by atoms with Crippen molar-refractivity contribution in [2.45, 2.75) is 25.6 Å². The fourth-order valence-electron chi connectivity index (χ4n) is 3.78. The quantitative estimate of drug-likeness (QED) is 0.621. The third kappa shape index (κ3) is 3.65. The monoisotopic (exact) mass is 403 g/mol. The standard InChI is InChI=1S/C19H22N4O2S2/c1-24-13-7-8-16(25-2)14(11-13)15-5-3-9-22(15)12-23-19(26)20-18(21-23)17-6-4-10-27-17/h4,6-8,10-11,15H,3,5,9,12H2,1-2H3,(H,20,21,26)/p+1/t15-/m1/s1. The molecule has 4 rings (SSSR count). The summed E-state index contributed by atoms with van der Waals surface area (Å²) >= 11 is 7.15. The smallest absolute Gasteiger partial charge is 0.221 e.